The van der Waals surface area contributed by atoms with Gasteiger partial charge in [-0.1, -0.05) is 12.1 Å². The largest absolute Gasteiger partial charge is 0.459 e. The van der Waals surface area contributed by atoms with E-state index in [1.54, 1.807) is 12.3 Å². The number of hydrogen-bond acceptors (Lipinski definition) is 10. The van der Waals surface area contributed by atoms with E-state index in [4.69, 9.17) is 4.74 Å². The summed E-state index contributed by atoms with van der Waals surface area (Å²) in [5, 5.41) is 1.47. The zero-order chi connectivity index (χ0) is 39.7. The van der Waals surface area contributed by atoms with Crippen LogP contribution in [0.25, 0.3) is 22.2 Å². The first-order chi connectivity index (χ1) is 26.7. The molecule has 56 heavy (non-hydrogen) atoms. The van der Waals surface area contributed by atoms with E-state index >= 15 is 8.78 Å². The van der Waals surface area contributed by atoms with Crippen LogP contribution in [-0.4, -0.2) is 122 Å². The molecule has 3 saturated heterocycles. The Labute approximate surface area is 326 Å². The molecule has 3 aliphatic heterocycles. The molecule has 0 spiro atoms. The number of piperidine rings is 1. The first kappa shape index (κ1) is 39.7. The van der Waals surface area contributed by atoms with Gasteiger partial charge in [-0.3, -0.25) is 14.5 Å². The third-order valence-electron chi connectivity index (χ3n) is 10.8. The minimum absolute atomic E-state index is 0.0147. The molecule has 0 bridgehead atoms. The van der Waals surface area contributed by atoms with E-state index in [0.717, 1.165) is 87.0 Å². The van der Waals surface area contributed by atoms with Crippen molar-refractivity contribution in [2.45, 2.75) is 51.8 Å². The van der Waals surface area contributed by atoms with E-state index in [9.17, 15) is 22.4 Å². The lowest BCUT2D eigenvalue weighted by Gasteiger charge is -2.39. The van der Waals surface area contributed by atoms with Crippen molar-refractivity contribution in [3.63, 3.8) is 0 Å². The van der Waals surface area contributed by atoms with Crippen LogP contribution in [0.15, 0.2) is 54.9 Å². The lowest BCUT2D eigenvalue weighted by Crippen LogP contribution is -2.50. The van der Waals surface area contributed by atoms with Crippen LogP contribution in [0.5, 0.6) is 0 Å². The van der Waals surface area contributed by atoms with Crippen molar-refractivity contribution in [2.75, 3.05) is 74.8 Å². The number of ketones is 1. The van der Waals surface area contributed by atoms with Gasteiger partial charge in [-0.2, -0.15) is 4.41 Å². The summed E-state index contributed by atoms with van der Waals surface area (Å²) in [7, 11) is -3.46. The van der Waals surface area contributed by atoms with Gasteiger partial charge in [0, 0.05) is 87.0 Å². The summed E-state index contributed by atoms with van der Waals surface area (Å²) in [6.07, 6.45) is 3.90. The van der Waals surface area contributed by atoms with Gasteiger partial charge < -0.3 is 19.5 Å². The number of nitrogens with one attached hydrogen (secondary N) is 1. The number of thiol groups is 1. The van der Waals surface area contributed by atoms with Crippen LogP contribution in [0.1, 0.15) is 56.0 Å². The van der Waals surface area contributed by atoms with E-state index in [1.165, 1.54) is 6.20 Å². The summed E-state index contributed by atoms with van der Waals surface area (Å²) in [4.78, 5) is 40.4. The molecule has 0 radical (unpaired) electrons. The quantitative estimate of drug-likeness (QED) is 0.119. The number of esters is 1. The number of ether oxygens (including phenoxy) is 1. The molecular weight excluding hydrogens is 748 g/mol. The lowest BCUT2D eigenvalue weighted by molar-refractivity contribution is -0.156. The summed E-state index contributed by atoms with van der Waals surface area (Å²) in [5.41, 5.74) is 0.993. The number of nitrogens with zero attached hydrogens (tertiary/aromatic N) is 6. The number of fused-ring (bicyclic) bond motifs is 1. The molecule has 1 N–H and O–H groups in total. The molecule has 1 atom stereocenters. The van der Waals surface area contributed by atoms with Gasteiger partial charge in [0.1, 0.15) is 28.9 Å². The molecule has 12 nitrogen and oxygen atoms in total. The number of aromatic nitrogens is 2. The van der Waals surface area contributed by atoms with Gasteiger partial charge in [0.05, 0.1) is 18.7 Å². The summed E-state index contributed by atoms with van der Waals surface area (Å²) >= 11 is 0. The number of anilines is 2. The second-order valence-corrected chi connectivity index (χ2v) is 16.7. The number of aromatic amines is 1. The number of pyridine rings is 1. The van der Waals surface area contributed by atoms with Gasteiger partial charge in [-0.25, -0.2) is 31.6 Å². The smallest absolute Gasteiger partial charge is 0.320 e. The van der Waals surface area contributed by atoms with E-state index in [0.29, 0.717) is 33.5 Å². The molecule has 0 saturated carbocycles. The molecule has 3 fully saturated rings. The molecular formula is C40H48F3N7O5S. The van der Waals surface area contributed by atoms with Crippen LogP contribution < -0.4 is 9.31 Å². The number of carbonyl (C=O) groups is 2. The molecule has 7 rings (SSSR count). The Morgan fingerprint density at radius 1 is 0.929 bits per heavy atom. The third-order valence-corrected chi connectivity index (χ3v) is 11.5. The average molecular weight is 796 g/mol. The van der Waals surface area contributed by atoms with Gasteiger partial charge in [0.2, 0.25) is 16.7 Å². The summed E-state index contributed by atoms with van der Waals surface area (Å²) in [6, 6.07) is 11.6. The van der Waals surface area contributed by atoms with Crippen LogP contribution in [0.2, 0.25) is 0 Å². The molecule has 4 aromatic rings. The van der Waals surface area contributed by atoms with Crippen molar-refractivity contribution in [2.24, 2.45) is 5.92 Å². The molecule has 2 aromatic heterocycles. The number of hydrazine groups is 1. The van der Waals surface area contributed by atoms with Crippen molar-refractivity contribution < 1.29 is 35.9 Å². The highest BCUT2D eigenvalue weighted by molar-refractivity contribution is 7.73. The highest BCUT2D eigenvalue weighted by Gasteiger charge is 2.33. The highest BCUT2D eigenvalue weighted by Crippen LogP contribution is 2.33. The van der Waals surface area contributed by atoms with Crippen LogP contribution in [0.3, 0.4) is 0 Å². The minimum atomic E-state index is -3.46. The number of hydrogen-bond donors (Lipinski definition) is 2. The zero-order valence-corrected chi connectivity index (χ0v) is 32.7. The predicted molar refractivity (Wildman–Crippen MR) is 209 cm³/mol. The number of H-pyrrole nitrogens is 1. The van der Waals surface area contributed by atoms with Gasteiger partial charge >= 0.3 is 5.97 Å². The Kier molecular flexibility index (Phi) is 11.7. The fourth-order valence-electron chi connectivity index (χ4n) is 7.89. The molecule has 5 heterocycles. The van der Waals surface area contributed by atoms with Crippen LogP contribution in [-0.2, 0) is 20.4 Å². The topological polar surface area (TPSA) is 122 Å². The Morgan fingerprint density at radius 2 is 1.62 bits per heavy atom. The number of piperazine rings is 1. The van der Waals surface area contributed by atoms with E-state index < -0.39 is 51.3 Å². The number of rotatable bonds is 11. The van der Waals surface area contributed by atoms with Gasteiger partial charge in [-0.05, 0) is 81.8 Å². The molecule has 0 amide bonds. The standard InChI is InChI=1S/C40H48F3N7O5S/c1-40(2,3)55-35(51)25-47-18-16-46(17-19-47)23-26-10-13-48(14-11-26)30-6-4-27(5-7-30)28-20-31-32(22-45-39(31)44-21-28)38(52)36-33(42)8-9-34(37(36)43)50(56(53)54)49-15-12-29(41)24-49/h4-9,20-22,26,29,56H,10-19,23-25H2,1-3H3,(H,44,45)/t29-/m1/s1. The van der Waals surface area contributed by atoms with Crippen molar-refractivity contribution in [3.8, 4) is 11.1 Å². The highest BCUT2D eigenvalue weighted by atomic mass is 32.2. The van der Waals surface area contributed by atoms with Crippen molar-refractivity contribution >= 4 is 45.1 Å². The Morgan fingerprint density at radius 3 is 2.27 bits per heavy atom. The Bertz CT molecular complexity index is 2130. The molecule has 300 valence electrons. The monoisotopic (exact) mass is 795 g/mol. The number of halogens is 3. The number of benzene rings is 2. The third kappa shape index (κ3) is 8.88. The SMILES string of the molecule is CC(C)(C)OC(=O)CN1CCN(CC2CCN(c3ccc(-c4cnc5[nH]cc(C(=O)c6c(F)ccc(N(N7CC[C@@H](F)C7)[SH](=O)=O)c6F)c5c4)cc3)CC2)CC1. The maximum absolute atomic E-state index is 15.9. The second-order valence-electron chi connectivity index (χ2n) is 15.9. The maximum atomic E-state index is 15.9. The van der Waals surface area contributed by atoms with Gasteiger partial charge in [0.15, 0.2) is 5.82 Å². The van der Waals surface area contributed by atoms with E-state index in [1.807, 2.05) is 32.9 Å². The summed E-state index contributed by atoms with van der Waals surface area (Å²) in [5.74, 6) is -3.07. The van der Waals surface area contributed by atoms with E-state index in [-0.39, 0.29) is 31.0 Å². The molecule has 0 aliphatic carbocycles. The maximum Gasteiger partial charge on any atom is 0.320 e. The van der Waals surface area contributed by atoms with Gasteiger partial charge in [0.25, 0.3) is 0 Å². The first-order valence-electron chi connectivity index (χ1n) is 19.1. The molecule has 0 unspecified atom stereocenters. The fraction of sp³-hybridized carbons (Fsp3) is 0.475. The zero-order valence-electron chi connectivity index (χ0n) is 31.8. The van der Waals surface area contributed by atoms with Crippen LogP contribution in [0.4, 0.5) is 24.5 Å². The van der Waals surface area contributed by atoms with E-state index in [2.05, 4.69) is 36.8 Å². The van der Waals surface area contributed by atoms with Crippen molar-refractivity contribution in [3.05, 3.63) is 77.6 Å². The van der Waals surface area contributed by atoms with Crippen LogP contribution >= 0.6 is 0 Å². The molecule has 16 heteroatoms. The Hall–Kier alpha value is -4.51. The lowest BCUT2D eigenvalue weighted by atomic mass is 9.95. The molecule has 2 aromatic carbocycles. The number of alkyl halides is 1. The summed E-state index contributed by atoms with van der Waals surface area (Å²) < 4.78 is 75.4. The first-order valence-corrected chi connectivity index (χ1v) is 20.2. The van der Waals surface area contributed by atoms with Gasteiger partial charge in [-0.15, -0.1) is 0 Å². The average Bonchev–Trinajstić information content (AvgIpc) is 3.78. The normalized spacial score (nSPS) is 19.3. The van der Waals surface area contributed by atoms with Crippen molar-refractivity contribution in [1.82, 2.24) is 24.8 Å². The minimum Gasteiger partial charge on any atom is -0.459 e. The van der Waals surface area contributed by atoms with Crippen molar-refractivity contribution in [1.29, 1.82) is 0 Å². The summed E-state index contributed by atoms with van der Waals surface area (Å²) in [6.45, 7) is 12.3. The molecule has 3 aliphatic rings. The number of carbonyl (C=O) groups excluding carboxylic acids is 2. The second kappa shape index (κ2) is 16.5. The van der Waals surface area contributed by atoms with Crippen LogP contribution in [0, 0.1) is 17.6 Å². The predicted octanol–water partition coefficient (Wildman–Crippen LogP) is 5.21. The Balaban J connectivity index is 0.981. The fourth-order valence-corrected chi connectivity index (χ4v) is 8.59.